The Balaban J connectivity index is 2.33. The molecule has 0 aliphatic carbocycles. The maximum Gasteiger partial charge on any atom is 0.250 e. The Kier molecular flexibility index (Phi) is 3.33. The zero-order valence-electron chi connectivity index (χ0n) is 8.25. The summed E-state index contributed by atoms with van der Waals surface area (Å²) < 4.78 is 51.5. The fourth-order valence-electron chi connectivity index (χ4n) is 1.14. The van der Waals surface area contributed by atoms with E-state index in [-0.39, 0.29) is 5.03 Å². The molecule has 2 aromatic rings. The number of aromatic nitrogens is 1. The molecular weight excluding hydrogens is 254 g/mol. The number of hydrogen-bond acceptors (Lipinski definition) is 2. The molecule has 1 heterocycles. The van der Waals surface area contributed by atoms with Crippen LogP contribution in [0.4, 0.5) is 17.6 Å². The molecule has 0 atom stereocenters. The highest BCUT2D eigenvalue weighted by Gasteiger charge is 2.12. The monoisotopic (exact) mass is 259 g/mol. The first-order valence-corrected chi connectivity index (χ1v) is 5.33. The van der Waals surface area contributed by atoms with E-state index in [2.05, 4.69) is 4.98 Å². The van der Waals surface area contributed by atoms with Crippen molar-refractivity contribution in [1.29, 1.82) is 0 Å². The van der Waals surface area contributed by atoms with Crippen molar-refractivity contribution in [1.82, 2.24) is 4.98 Å². The van der Waals surface area contributed by atoms with Crippen LogP contribution in [-0.2, 0) is 0 Å². The Morgan fingerprint density at radius 1 is 0.941 bits per heavy atom. The third kappa shape index (κ3) is 2.76. The van der Waals surface area contributed by atoms with Gasteiger partial charge in [-0.1, -0.05) is 17.8 Å². The third-order valence-corrected chi connectivity index (χ3v) is 2.83. The number of rotatable bonds is 2. The van der Waals surface area contributed by atoms with Crippen LogP contribution in [-0.4, -0.2) is 4.98 Å². The molecule has 1 aromatic carbocycles. The topological polar surface area (TPSA) is 12.9 Å². The fraction of sp³-hybridized carbons (Fsp3) is 0. The van der Waals surface area contributed by atoms with Gasteiger partial charge < -0.3 is 0 Å². The summed E-state index contributed by atoms with van der Waals surface area (Å²) in [7, 11) is 0. The summed E-state index contributed by atoms with van der Waals surface area (Å²) in [6.45, 7) is 0. The summed E-state index contributed by atoms with van der Waals surface area (Å²) in [5.41, 5.74) is 0. The van der Waals surface area contributed by atoms with Crippen molar-refractivity contribution in [2.24, 2.45) is 0 Å². The molecule has 0 aliphatic heterocycles. The van der Waals surface area contributed by atoms with Crippen molar-refractivity contribution >= 4 is 11.8 Å². The van der Waals surface area contributed by atoms with Gasteiger partial charge in [0, 0.05) is 11.0 Å². The van der Waals surface area contributed by atoms with Crippen molar-refractivity contribution in [3.8, 4) is 0 Å². The van der Waals surface area contributed by atoms with Gasteiger partial charge in [-0.3, -0.25) is 0 Å². The van der Waals surface area contributed by atoms with Crippen LogP contribution in [0.1, 0.15) is 0 Å². The van der Waals surface area contributed by atoms with Crippen LogP contribution in [0.25, 0.3) is 0 Å². The van der Waals surface area contributed by atoms with Gasteiger partial charge in [-0.25, -0.2) is 18.2 Å². The van der Waals surface area contributed by atoms with Crippen molar-refractivity contribution in [2.45, 2.75) is 9.92 Å². The summed E-state index contributed by atoms with van der Waals surface area (Å²) in [5, 5.41) is -0.338. The lowest BCUT2D eigenvalue weighted by molar-refractivity contribution is 0.448. The molecule has 0 spiro atoms. The van der Waals surface area contributed by atoms with Crippen molar-refractivity contribution in [3.63, 3.8) is 0 Å². The summed E-state index contributed by atoms with van der Waals surface area (Å²) in [6.07, 6.45) is 0. The minimum Gasteiger partial charge on any atom is -0.207 e. The van der Waals surface area contributed by atoms with Crippen molar-refractivity contribution in [2.75, 3.05) is 0 Å². The van der Waals surface area contributed by atoms with Crippen LogP contribution in [0.15, 0.2) is 40.3 Å². The van der Waals surface area contributed by atoms with E-state index in [4.69, 9.17) is 0 Å². The summed E-state index contributed by atoms with van der Waals surface area (Å²) >= 11 is 0.718. The van der Waals surface area contributed by atoms with E-state index in [1.54, 1.807) is 0 Å². The van der Waals surface area contributed by atoms with E-state index in [0.29, 0.717) is 11.0 Å². The largest absolute Gasteiger partial charge is 0.250 e. The van der Waals surface area contributed by atoms with Gasteiger partial charge in [-0.15, -0.1) is 0 Å². The van der Waals surface area contributed by atoms with Gasteiger partial charge in [-0.05, 0) is 18.2 Å². The van der Waals surface area contributed by atoms with Crippen LogP contribution in [0.3, 0.4) is 0 Å². The SMILES string of the molecule is Fc1cccc(Sc2nc(F)c(F)cc2F)c1. The Morgan fingerprint density at radius 3 is 2.41 bits per heavy atom. The van der Waals surface area contributed by atoms with Gasteiger partial charge in [0.25, 0.3) is 0 Å². The third-order valence-electron chi connectivity index (χ3n) is 1.87. The van der Waals surface area contributed by atoms with Gasteiger partial charge in [-0.2, -0.15) is 4.39 Å². The molecule has 1 aromatic heterocycles. The Labute approximate surface area is 98.5 Å². The minimum absolute atomic E-state index is 0.338. The average molecular weight is 259 g/mol. The predicted octanol–water partition coefficient (Wildman–Crippen LogP) is 3.79. The molecule has 0 unspecified atom stereocenters. The van der Waals surface area contributed by atoms with E-state index >= 15 is 0 Å². The normalized spacial score (nSPS) is 10.6. The maximum absolute atomic E-state index is 13.2. The van der Waals surface area contributed by atoms with Crippen LogP contribution in [0.2, 0.25) is 0 Å². The lowest BCUT2D eigenvalue weighted by atomic mass is 10.4. The first-order valence-electron chi connectivity index (χ1n) is 4.51. The van der Waals surface area contributed by atoms with Crippen LogP contribution < -0.4 is 0 Å². The lowest BCUT2D eigenvalue weighted by Gasteiger charge is -2.03. The molecule has 2 rings (SSSR count). The second-order valence-corrected chi connectivity index (χ2v) is 4.17. The zero-order valence-corrected chi connectivity index (χ0v) is 9.07. The van der Waals surface area contributed by atoms with E-state index in [1.807, 2.05) is 0 Å². The molecule has 17 heavy (non-hydrogen) atoms. The summed E-state index contributed by atoms with van der Waals surface area (Å²) in [5.74, 6) is -4.23. The molecule has 0 saturated carbocycles. The lowest BCUT2D eigenvalue weighted by Crippen LogP contribution is -1.95. The van der Waals surface area contributed by atoms with Crippen molar-refractivity contribution in [3.05, 3.63) is 53.7 Å². The minimum atomic E-state index is -1.38. The Morgan fingerprint density at radius 2 is 1.71 bits per heavy atom. The van der Waals surface area contributed by atoms with Crippen LogP contribution in [0.5, 0.6) is 0 Å². The van der Waals surface area contributed by atoms with E-state index in [1.165, 1.54) is 18.2 Å². The number of halogens is 4. The molecular formula is C11H5F4NS. The Hall–Kier alpha value is -1.56. The summed E-state index contributed by atoms with van der Waals surface area (Å²) in [6, 6.07) is 5.71. The number of hydrogen-bond donors (Lipinski definition) is 0. The number of nitrogens with zero attached hydrogens (tertiary/aromatic N) is 1. The fourth-order valence-corrected chi connectivity index (χ4v) is 1.97. The number of pyridine rings is 1. The highest BCUT2D eigenvalue weighted by atomic mass is 32.2. The molecule has 0 radical (unpaired) electrons. The highest BCUT2D eigenvalue weighted by Crippen LogP contribution is 2.29. The molecule has 0 amide bonds. The molecule has 88 valence electrons. The predicted molar refractivity (Wildman–Crippen MR) is 54.6 cm³/mol. The number of benzene rings is 1. The molecule has 1 nitrogen and oxygen atoms in total. The average Bonchev–Trinajstić information content (AvgIpc) is 2.26. The first-order chi connectivity index (χ1) is 8.06. The first kappa shape index (κ1) is 11.9. The van der Waals surface area contributed by atoms with Crippen LogP contribution >= 0.6 is 11.8 Å². The van der Waals surface area contributed by atoms with Gasteiger partial charge in [0.2, 0.25) is 5.95 Å². The molecule has 6 heteroatoms. The zero-order chi connectivity index (χ0) is 12.4. The van der Waals surface area contributed by atoms with Gasteiger partial charge in [0.05, 0.1) is 0 Å². The molecule has 0 bridgehead atoms. The summed E-state index contributed by atoms with van der Waals surface area (Å²) in [4.78, 5) is 3.47. The second kappa shape index (κ2) is 4.75. The maximum atomic E-state index is 13.2. The van der Waals surface area contributed by atoms with E-state index in [0.717, 1.165) is 17.8 Å². The standard InChI is InChI=1S/C11H5F4NS/c12-6-2-1-3-7(4-6)17-11-9(14)5-8(13)10(15)16-11/h1-5H. The van der Waals surface area contributed by atoms with Gasteiger partial charge in [0.1, 0.15) is 10.8 Å². The molecule has 0 N–H and O–H groups in total. The van der Waals surface area contributed by atoms with Crippen molar-refractivity contribution < 1.29 is 17.6 Å². The molecule has 0 aliphatic rings. The van der Waals surface area contributed by atoms with E-state index < -0.39 is 23.4 Å². The van der Waals surface area contributed by atoms with Gasteiger partial charge in [0.15, 0.2) is 11.6 Å². The Bertz CT molecular complexity index is 559. The molecule has 0 saturated heterocycles. The van der Waals surface area contributed by atoms with E-state index in [9.17, 15) is 17.6 Å². The highest BCUT2D eigenvalue weighted by molar-refractivity contribution is 7.99. The quantitative estimate of drug-likeness (QED) is 0.601. The van der Waals surface area contributed by atoms with Crippen LogP contribution in [0, 0.1) is 23.4 Å². The second-order valence-electron chi connectivity index (χ2n) is 3.11. The van der Waals surface area contributed by atoms with Gasteiger partial charge >= 0.3 is 0 Å². The smallest absolute Gasteiger partial charge is 0.207 e. The molecule has 0 fully saturated rings.